The van der Waals surface area contributed by atoms with Gasteiger partial charge in [-0.1, -0.05) is 6.07 Å². The number of phenols is 2. The highest BCUT2D eigenvalue weighted by Crippen LogP contribution is 2.52. The van der Waals surface area contributed by atoms with Crippen molar-refractivity contribution in [3.05, 3.63) is 35.9 Å². The van der Waals surface area contributed by atoms with Crippen molar-refractivity contribution in [2.45, 2.75) is 18.0 Å². The van der Waals surface area contributed by atoms with Gasteiger partial charge in [0.1, 0.15) is 11.5 Å². The third-order valence-electron chi connectivity index (χ3n) is 3.15. The Bertz CT molecular complexity index is 706. The number of hydrogen-bond donors (Lipinski definition) is 3. The lowest BCUT2D eigenvalue weighted by Gasteiger charge is -2.33. The number of aliphatic hydroxyl groups is 1. The van der Waals surface area contributed by atoms with Crippen LogP contribution in [0.1, 0.15) is 5.56 Å². The highest BCUT2D eigenvalue weighted by Gasteiger charge is 2.72. The number of halogens is 6. The lowest BCUT2D eigenvalue weighted by Crippen LogP contribution is -2.53. The molecule has 0 aliphatic rings. The van der Waals surface area contributed by atoms with Gasteiger partial charge in [-0.25, -0.2) is 0 Å². The van der Waals surface area contributed by atoms with Crippen LogP contribution in [-0.4, -0.2) is 27.7 Å². The molecule has 2 aromatic carbocycles. The highest BCUT2D eigenvalue weighted by atomic mass is 19.4. The Labute approximate surface area is 119 Å². The molecule has 0 amide bonds. The van der Waals surface area contributed by atoms with Gasteiger partial charge >= 0.3 is 12.4 Å². The van der Waals surface area contributed by atoms with Crippen LogP contribution < -0.4 is 0 Å². The molecule has 0 fully saturated rings. The fraction of sp³-hybridized carbons (Fsp3) is 0.231. The number of rotatable bonds is 1. The zero-order chi connectivity index (χ0) is 16.9. The number of fused-ring (bicyclic) bond motifs is 1. The van der Waals surface area contributed by atoms with Gasteiger partial charge in [-0.15, -0.1) is 0 Å². The number of aromatic hydroxyl groups is 2. The highest BCUT2D eigenvalue weighted by molar-refractivity contribution is 5.86. The normalized spacial score (nSPS) is 13.6. The van der Waals surface area contributed by atoms with Gasteiger partial charge in [0.05, 0.1) is 0 Å². The van der Waals surface area contributed by atoms with Crippen LogP contribution in [0.15, 0.2) is 30.3 Å². The molecular weight excluding hydrogens is 318 g/mol. The molecule has 9 heteroatoms. The van der Waals surface area contributed by atoms with Crippen LogP contribution in [0.3, 0.4) is 0 Å². The van der Waals surface area contributed by atoms with Crippen LogP contribution in [0.25, 0.3) is 10.8 Å². The summed E-state index contributed by atoms with van der Waals surface area (Å²) in [5.41, 5.74) is -6.99. The minimum Gasteiger partial charge on any atom is -0.508 e. The van der Waals surface area contributed by atoms with E-state index in [2.05, 4.69) is 0 Å². The van der Waals surface area contributed by atoms with Crippen molar-refractivity contribution < 1.29 is 41.7 Å². The standard InChI is InChI=1S/C13H8F6O3/c14-12(15,16)11(22,13(17,18)19)9-4-7-3-8(20)2-1-6(7)5-10(9)21/h1-5,20-22H. The van der Waals surface area contributed by atoms with Gasteiger partial charge in [0.2, 0.25) is 0 Å². The van der Waals surface area contributed by atoms with E-state index in [1.807, 2.05) is 0 Å². The fourth-order valence-electron chi connectivity index (χ4n) is 2.03. The molecule has 2 rings (SSSR count). The molecule has 0 saturated heterocycles. The molecule has 0 aromatic heterocycles. The first kappa shape index (κ1) is 16.2. The second kappa shape index (κ2) is 4.67. The second-order valence-corrected chi connectivity index (χ2v) is 4.61. The van der Waals surface area contributed by atoms with Crippen molar-refractivity contribution in [2.75, 3.05) is 0 Å². The van der Waals surface area contributed by atoms with E-state index in [0.717, 1.165) is 12.1 Å². The molecule has 0 aliphatic carbocycles. The molecule has 2 aromatic rings. The minimum absolute atomic E-state index is 0.0887. The number of hydrogen-bond acceptors (Lipinski definition) is 3. The van der Waals surface area contributed by atoms with Crippen LogP contribution in [0.2, 0.25) is 0 Å². The quantitative estimate of drug-likeness (QED) is 0.702. The summed E-state index contributed by atoms with van der Waals surface area (Å²) in [4.78, 5) is 0. The summed E-state index contributed by atoms with van der Waals surface area (Å²) in [6.45, 7) is 0. The maximum Gasteiger partial charge on any atom is 0.430 e. The molecule has 3 N–H and O–H groups in total. The predicted molar refractivity (Wildman–Crippen MR) is 63.3 cm³/mol. The first-order valence-electron chi connectivity index (χ1n) is 5.70. The molecule has 0 saturated carbocycles. The Morgan fingerprint density at radius 2 is 1.27 bits per heavy atom. The Kier molecular flexibility index (Phi) is 3.44. The average molecular weight is 326 g/mol. The summed E-state index contributed by atoms with van der Waals surface area (Å²) in [5.74, 6) is -1.76. The fourth-order valence-corrected chi connectivity index (χ4v) is 2.03. The Morgan fingerprint density at radius 3 is 1.77 bits per heavy atom. The number of phenolic OH excluding ortho intramolecular Hbond substituents is 2. The molecule has 0 spiro atoms. The third kappa shape index (κ3) is 2.31. The maximum atomic E-state index is 12.8. The summed E-state index contributed by atoms with van der Waals surface area (Å²) in [6.07, 6.45) is -12.2. The van der Waals surface area contributed by atoms with Crippen molar-refractivity contribution in [2.24, 2.45) is 0 Å². The molecule has 120 valence electrons. The largest absolute Gasteiger partial charge is 0.508 e. The van der Waals surface area contributed by atoms with E-state index in [4.69, 9.17) is 0 Å². The first-order valence-corrected chi connectivity index (χ1v) is 5.70. The molecule has 3 nitrogen and oxygen atoms in total. The lowest BCUT2D eigenvalue weighted by atomic mass is 9.89. The second-order valence-electron chi connectivity index (χ2n) is 4.61. The van der Waals surface area contributed by atoms with Gasteiger partial charge in [0.15, 0.2) is 0 Å². The molecule has 0 heterocycles. The molecule has 0 unspecified atom stereocenters. The van der Waals surface area contributed by atoms with Gasteiger partial charge < -0.3 is 15.3 Å². The van der Waals surface area contributed by atoms with E-state index in [1.165, 1.54) is 6.07 Å². The molecule has 0 bridgehead atoms. The van der Waals surface area contributed by atoms with Gasteiger partial charge in [-0.2, -0.15) is 26.3 Å². The molecule has 0 radical (unpaired) electrons. The van der Waals surface area contributed by atoms with Crippen LogP contribution in [0, 0.1) is 0 Å². The molecular formula is C13H8F6O3. The number of benzene rings is 2. The van der Waals surface area contributed by atoms with Gasteiger partial charge in [0, 0.05) is 5.56 Å². The Morgan fingerprint density at radius 1 is 0.727 bits per heavy atom. The van der Waals surface area contributed by atoms with E-state index in [1.54, 1.807) is 0 Å². The third-order valence-corrected chi connectivity index (χ3v) is 3.15. The zero-order valence-electron chi connectivity index (χ0n) is 10.5. The topological polar surface area (TPSA) is 60.7 Å². The Balaban J connectivity index is 2.83. The lowest BCUT2D eigenvalue weighted by molar-refractivity contribution is -0.376. The van der Waals surface area contributed by atoms with E-state index in [-0.39, 0.29) is 10.8 Å². The average Bonchev–Trinajstić information content (AvgIpc) is 2.35. The smallest absolute Gasteiger partial charge is 0.430 e. The molecule has 22 heavy (non-hydrogen) atoms. The predicted octanol–water partition coefficient (Wildman–Crippen LogP) is 3.56. The van der Waals surface area contributed by atoms with Crippen molar-refractivity contribution in [3.63, 3.8) is 0 Å². The SMILES string of the molecule is Oc1ccc2cc(O)c(C(O)(C(F)(F)F)C(F)(F)F)cc2c1. The van der Waals surface area contributed by atoms with Crippen LogP contribution >= 0.6 is 0 Å². The molecule has 0 atom stereocenters. The van der Waals surface area contributed by atoms with Crippen molar-refractivity contribution in [1.82, 2.24) is 0 Å². The minimum atomic E-state index is -6.10. The zero-order valence-corrected chi connectivity index (χ0v) is 10.5. The van der Waals surface area contributed by atoms with E-state index in [0.29, 0.717) is 12.1 Å². The van der Waals surface area contributed by atoms with Gasteiger partial charge in [-0.3, -0.25) is 0 Å². The number of alkyl halides is 6. The van der Waals surface area contributed by atoms with Crippen molar-refractivity contribution in [3.8, 4) is 11.5 Å². The van der Waals surface area contributed by atoms with E-state index in [9.17, 15) is 41.7 Å². The maximum absolute atomic E-state index is 12.8. The molecule has 0 aliphatic heterocycles. The summed E-state index contributed by atoms with van der Waals surface area (Å²) < 4.78 is 76.9. The summed E-state index contributed by atoms with van der Waals surface area (Å²) in [7, 11) is 0. The van der Waals surface area contributed by atoms with Crippen LogP contribution in [0.5, 0.6) is 11.5 Å². The van der Waals surface area contributed by atoms with Crippen molar-refractivity contribution >= 4 is 10.8 Å². The van der Waals surface area contributed by atoms with Crippen molar-refractivity contribution in [1.29, 1.82) is 0 Å². The summed E-state index contributed by atoms with van der Waals surface area (Å²) in [5, 5.41) is 27.9. The summed E-state index contributed by atoms with van der Waals surface area (Å²) >= 11 is 0. The van der Waals surface area contributed by atoms with E-state index < -0.39 is 35.0 Å². The van der Waals surface area contributed by atoms with Crippen LogP contribution in [-0.2, 0) is 5.60 Å². The van der Waals surface area contributed by atoms with Gasteiger partial charge in [-0.05, 0) is 35.0 Å². The first-order chi connectivity index (χ1) is 9.88. The monoisotopic (exact) mass is 326 g/mol. The van der Waals surface area contributed by atoms with Gasteiger partial charge in [0.25, 0.3) is 5.60 Å². The summed E-state index contributed by atoms with van der Waals surface area (Å²) in [6, 6.07) is 4.22. The van der Waals surface area contributed by atoms with E-state index >= 15 is 0 Å². The Hall–Kier alpha value is -2.16. The van der Waals surface area contributed by atoms with Crippen LogP contribution in [0.4, 0.5) is 26.3 Å².